The molecule has 0 spiro atoms. The number of rotatable bonds is 6. The fourth-order valence-electron chi connectivity index (χ4n) is 2.48. The van der Waals surface area contributed by atoms with Crippen LogP contribution < -0.4 is 5.32 Å². The van der Waals surface area contributed by atoms with Crippen LogP contribution in [0.25, 0.3) is 10.7 Å². The Labute approximate surface area is 162 Å². The molecule has 0 aliphatic carbocycles. The van der Waals surface area contributed by atoms with Gasteiger partial charge in [0.05, 0.1) is 39.4 Å². The lowest BCUT2D eigenvalue weighted by Gasteiger charge is -2.07. The van der Waals surface area contributed by atoms with Crippen molar-refractivity contribution >= 4 is 28.6 Å². The second kappa shape index (κ2) is 7.88. The molecule has 2 heterocycles. The molecule has 3 aromatic rings. The number of pyridine rings is 1. The van der Waals surface area contributed by atoms with Crippen molar-refractivity contribution in [2.45, 2.75) is 13.5 Å². The zero-order valence-corrected chi connectivity index (χ0v) is 15.3. The molecule has 0 fully saturated rings. The molecule has 0 saturated heterocycles. The minimum atomic E-state index is -0.775. The number of nitro benzene ring substituents is 2. The van der Waals surface area contributed by atoms with Crippen LogP contribution in [0, 0.1) is 27.2 Å². The number of aromatic nitrogens is 2. The Balaban J connectivity index is 1.79. The monoisotopic (exact) mass is 399 g/mol. The van der Waals surface area contributed by atoms with E-state index in [-0.39, 0.29) is 17.7 Å². The third kappa shape index (κ3) is 3.99. The van der Waals surface area contributed by atoms with Crippen LogP contribution >= 0.6 is 11.3 Å². The number of carbonyl (C=O) groups excluding carboxylic acids is 1. The van der Waals surface area contributed by atoms with E-state index in [1.807, 2.05) is 12.1 Å². The van der Waals surface area contributed by atoms with Gasteiger partial charge in [0.1, 0.15) is 5.01 Å². The van der Waals surface area contributed by atoms with E-state index in [1.165, 1.54) is 18.3 Å². The first-order chi connectivity index (χ1) is 13.4. The number of nitro groups is 2. The summed E-state index contributed by atoms with van der Waals surface area (Å²) in [7, 11) is 0. The minimum absolute atomic E-state index is 0.0561. The highest BCUT2D eigenvalue weighted by Crippen LogP contribution is 2.28. The summed E-state index contributed by atoms with van der Waals surface area (Å²) in [5.74, 6) is -0.656. The molecule has 0 atom stereocenters. The predicted molar refractivity (Wildman–Crippen MR) is 101 cm³/mol. The Morgan fingerprint density at radius 3 is 2.64 bits per heavy atom. The van der Waals surface area contributed by atoms with E-state index < -0.39 is 27.1 Å². The molecule has 1 aromatic carbocycles. The Bertz CT molecular complexity index is 1070. The van der Waals surface area contributed by atoms with Gasteiger partial charge in [-0.25, -0.2) is 4.98 Å². The summed E-state index contributed by atoms with van der Waals surface area (Å²) in [6.07, 6.45) is 1.65. The van der Waals surface area contributed by atoms with Crippen LogP contribution in [0.3, 0.4) is 0 Å². The van der Waals surface area contributed by atoms with E-state index in [1.54, 1.807) is 17.6 Å². The summed E-state index contributed by atoms with van der Waals surface area (Å²) in [6, 6.07) is 7.30. The van der Waals surface area contributed by atoms with Crippen molar-refractivity contribution in [2.75, 3.05) is 0 Å². The van der Waals surface area contributed by atoms with Crippen molar-refractivity contribution in [3.8, 4) is 10.7 Å². The van der Waals surface area contributed by atoms with Crippen molar-refractivity contribution in [1.29, 1.82) is 0 Å². The van der Waals surface area contributed by atoms with E-state index in [0.717, 1.165) is 12.1 Å². The molecule has 2 aromatic heterocycles. The summed E-state index contributed by atoms with van der Waals surface area (Å²) >= 11 is 1.36. The quantitative estimate of drug-likeness (QED) is 0.495. The maximum absolute atomic E-state index is 12.5. The molecule has 10 nitrogen and oxygen atoms in total. The molecular weight excluding hydrogens is 386 g/mol. The van der Waals surface area contributed by atoms with Gasteiger partial charge in [0, 0.05) is 23.2 Å². The largest absolute Gasteiger partial charge is 0.346 e. The van der Waals surface area contributed by atoms with Gasteiger partial charge in [-0.15, -0.1) is 11.3 Å². The van der Waals surface area contributed by atoms with Gasteiger partial charge in [0.2, 0.25) is 0 Å². The Hall–Kier alpha value is -3.73. The summed E-state index contributed by atoms with van der Waals surface area (Å²) in [4.78, 5) is 41.7. The molecule has 0 unspecified atom stereocenters. The zero-order valence-electron chi connectivity index (χ0n) is 14.5. The van der Waals surface area contributed by atoms with Crippen LogP contribution in [-0.4, -0.2) is 25.7 Å². The third-order valence-corrected chi connectivity index (χ3v) is 4.80. The topological polar surface area (TPSA) is 141 Å². The van der Waals surface area contributed by atoms with Crippen LogP contribution in [0.15, 0.2) is 41.9 Å². The Kier molecular flexibility index (Phi) is 5.36. The summed E-state index contributed by atoms with van der Waals surface area (Å²) < 4.78 is 0. The van der Waals surface area contributed by atoms with E-state index in [0.29, 0.717) is 16.4 Å². The molecule has 142 valence electrons. The highest BCUT2D eigenvalue weighted by atomic mass is 32.1. The van der Waals surface area contributed by atoms with Crippen molar-refractivity contribution < 1.29 is 14.6 Å². The molecule has 0 radical (unpaired) electrons. The van der Waals surface area contributed by atoms with Gasteiger partial charge in [0.15, 0.2) is 0 Å². The highest BCUT2D eigenvalue weighted by Gasteiger charge is 2.24. The van der Waals surface area contributed by atoms with Gasteiger partial charge in [-0.1, -0.05) is 6.07 Å². The smallest absolute Gasteiger partial charge is 0.279 e. The predicted octanol–water partition coefficient (Wildman–Crippen LogP) is 3.26. The number of benzene rings is 1. The van der Waals surface area contributed by atoms with Gasteiger partial charge in [-0.2, -0.15) is 0 Å². The highest BCUT2D eigenvalue weighted by molar-refractivity contribution is 7.13. The zero-order chi connectivity index (χ0) is 20.3. The van der Waals surface area contributed by atoms with E-state index >= 15 is 0 Å². The van der Waals surface area contributed by atoms with Crippen LogP contribution in [0.5, 0.6) is 0 Å². The number of nitrogens with one attached hydrogen (secondary N) is 1. The fraction of sp³-hybridized carbons (Fsp3) is 0.118. The normalized spacial score (nSPS) is 10.5. The summed E-state index contributed by atoms with van der Waals surface area (Å²) in [6.45, 7) is 1.44. The van der Waals surface area contributed by atoms with Gasteiger partial charge in [0.25, 0.3) is 17.3 Å². The number of non-ortho nitro benzene ring substituents is 1. The number of nitrogens with zero attached hydrogens (tertiary/aromatic N) is 4. The van der Waals surface area contributed by atoms with Crippen molar-refractivity contribution in [2.24, 2.45) is 0 Å². The van der Waals surface area contributed by atoms with Crippen LogP contribution in [-0.2, 0) is 6.54 Å². The molecule has 0 aliphatic heterocycles. The Morgan fingerprint density at radius 1 is 1.21 bits per heavy atom. The van der Waals surface area contributed by atoms with Crippen LogP contribution in [0.1, 0.15) is 21.6 Å². The molecule has 28 heavy (non-hydrogen) atoms. The molecule has 1 N–H and O–H groups in total. The average molecular weight is 399 g/mol. The third-order valence-electron chi connectivity index (χ3n) is 3.88. The van der Waals surface area contributed by atoms with Crippen LogP contribution in [0.4, 0.5) is 11.4 Å². The van der Waals surface area contributed by atoms with E-state index in [2.05, 4.69) is 15.3 Å². The first kappa shape index (κ1) is 19.0. The maximum Gasteiger partial charge on any atom is 0.279 e. The van der Waals surface area contributed by atoms with Gasteiger partial charge in [-0.3, -0.25) is 30.0 Å². The SMILES string of the molecule is Cc1c(C(=O)NCc2csc(-c3ccccn3)n2)cc([N+](=O)[O-])cc1[N+](=O)[O-]. The number of hydrogen-bond acceptors (Lipinski definition) is 8. The number of hydrogen-bond donors (Lipinski definition) is 1. The summed E-state index contributed by atoms with van der Waals surface area (Å²) in [5, 5.41) is 27.2. The molecule has 0 saturated carbocycles. The first-order valence-electron chi connectivity index (χ1n) is 7.94. The van der Waals surface area contributed by atoms with Crippen LogP contribution in [0.2, 0.25) is 0 Å². The van der Waals surface area contributed by atoms with Crippen molar-refractivity contribution in [3.05, 3.63) is 79.0 Å². The Morgan fingerprint density at radius 2 is 2.00 bits per heavy atom. The van der Waals surface area contributed by atoms with Crippen molar-refractivity contribution in [1.82, 2.24) is 15.3 Å². The molecule has 11 heteroatoms. The van der Waals surface area contributed by atoms with Gasteiger partial charge >= 0.3 is 0 Å². The maximum atomic E-state index is 12.5. The first-order valence-corrected chi connectivity index (χ1v) is 8.82. The molecular formula is C17H13N5O5S. The van der Waals surface area contributed by atoms with Gasteiger partial charge < -0.3 is 5.32 Å². The second-order valence-corrected chi connectivity index (χ2v) is 6.55. The molecule has 0 bridgehead atoms. The number of thiazole rings is 1. The summed E-state index contributed by atoms with van der Waals surface area (Å²) in [5.41, 5.74) is 0.215. The lowest BCUT2D eigenvalue weighted by molar-refractivity contribution is -0.394. The standard InChI is InChI=1S/C17H13N5O5S/c1-10-13(6-12(21(24)25)7-15(10)22(26)27)16(23)19-8-11-9-28-17(20-11)14-4-2-3-5-18-14/h2-7,9H,8H2,1H3,(H,19,23). The fourth-order valence-corrected chi connectivity index (χ4v) is 3.27. The number of carbonyl (C=O) groups is 1. The van der Waals surface area contributed by atoms with Crippen molar-refractivity contribution in [3.63, 3.8) is 0 Å². The van der Waals surface area contributed by atoms with E-state index in [9.17, 15) is 25.0 Å². The number of amides is 1. The lowest BCUT2D eigenvalue weighted by Crippen LogP contribution is -2.24. The lowest BCUT2D eigenvalue weighted by atomic mass is 10.0. The molecule has 3 rings (SSSR count). The molecule has 0 aliphatic rings. The second-order valence-electron chi connectivity index (χ2n) is 5.69. The minimum Gasteiger partial charge on any atom is -0.346 e. The van der Waals surface area contributed by atoms with Gasteiger partial charge in [-0.05, 0) is 19.1 Å². The molecule has 1 amide bonds. The average Bonchev–Trinajstić information content (AvgIpc) is 3.15. The van der Waals surface area contributed by atoms with E-state index in [4.69, 9.17) is 0 Å².